The van der Waals surface area contributed by atoms with E-state index >= 15 is 0 Å². The van der Waals surface area contributed by atoms with Crippen molar-refractivity contribution in [1.29, 1.82) is 0 Å². The summed E-state index contributed by atoms with van der Waals surface area (Å²) >= 11 is 1.56. The Morgan fingerprint density at radius 1 is 1.57 bits per heavy atom. The van der Waals surface area contributed by atoms with E-state index in [0.717, 1.165) is 0 Å². The molecule has 0 N–H and O–H groups in total. The zero-order valence-electron chi connectivity index (χ0n) is 8.99. The maximum Gasteiger partial charge on any atom is 0.148 e. The minimum absolute atomic E-state index is 0.00750. The molecule has 0 spiro atoms. The van der Waals surface area contributed by atoms with Gasteiger partial charge < -0.3 is 4.74 Å². The van der Waals surface area contributed by atoms with Gasteiger partial charge in [-0.3, -0.25) is 9.59 Å². The summed E-state index contributed by atoms with van der Waals surface area (Å²) in [4.78, 5) is 23.0. The first-order valence-electron chi connectivity index (χ1n) is 4.61. The standard InChI is InChI=1S/C10H16O3S/c1-6(11)8-7(12)5-10(2,3)14-9(8)13-4/h8-9H,5H2,1-4H3. The Morgan fingerprint density at radius 3 is 2.57 bits per heavy atom. The molecule has 1 fully saturated rings. The van der Waals surface area contributed by atoms with Crippen LogP contribution in [-0.4, -0.2) is 28.9 Å². The van der Waals surface area contributed by atoms with Crippen LogP contribution in [0.15, 0.2) is 0 Å². The molecule has 0 bridgehead atoms. The van der Waals surface area contributed by atoms with Crippen molar-refractivity contribution >= 4 is 23.3 Å². The molecule has 1 heterocycles. The number of carbonyl (C=O) groups excluding carboxylic acids is 2. The number of Topliss-reactive ketones (excluding diaryl/α,β-unsaturated/α-hetero) is 2. The average Bonchev–Trinajstić information content (AvgIpc) is 1.99. The minimum atomic E-state index is -0.571. The van der Waals surface area contributed by atoms with E-state index in [4.69, 9.17) is 4.74 Å². The lowest BCUT2D eigenvalue weighted by Crippen LogP contribution is -2.43. The van der Waals surface area contributed by atoms with Crippen LogP contribution in [-0.2, 0) is 14.3 Å². The molecule has 2 unspecified atom stereocenters. The van der Waals surface area contributed by atoms with Gasteiger partial charge in [0, 0.05) is 18.3 Å². The molecule has 0 radical (unpaired) electrons. The van der Waals surface area contributed by atoms with Crippen LogP contribution in [0.25, 0.3) is 0 Å². The molecule has 14 heavy (non-hydrogen) atoms. The van der Waals surface area contributed by atoms with E-state index in [1.165, 1.54) is 6.92 Å². The molecule has 1 aliphatic heterocycles. The first-order chi connectivity index (χ1) is 6.37. The molecule has 0 aromatic heterocycles. The zero-order chi connectivity index (χ0) is 10.9. The normalized spacial score (nSPS) is 31.6. The van der Waals surface area contributed by atoms with Crippen LogP contribution in [0.3, 0.4) is 0 Å². The largest absolute Gasteiger partial charge is 0.370 e. The fraction of sp³-hybridized carbons (Fsp3) is 0.800. The number of methoxy groups -OCH3 is 1. The summed E-state index contributed by atoms with van der Waals surface area (Å²) in [5.74, 6) is -0.657. The summed E-state index contributed by atoms with van der Waals surface area (Å²) in [5, 5.41) is 0. The van der Waals surface area contributed by atoms with Crippen LogP contribution < -0.4 is 0 Å². The van der Waals surface area contributed by atoms with Crippen LogP contribution in [0.1, 0.15) is 27.2 Å². The second-order valence-corrected chi connectivity index (χ2v) is 6.02. The number of hydrogen-bond donors (Lipinski definition) is 0. The van der Waals surface area contributed by atoms with Gasteiger partial charge in [0.15, 0.2) is 0 Å². The van der Waals surface area contributed by atoms with Gasteiger partial charge in [-0.2, -0.15) is 0 Å². The Morgan fingerprint density at radius 2 is 2.14 bits per heavy atom. The van der Waals surface area contributed by atoms with Gasteiger partial charge in [-0.1, -0.05) is 13.8 Å². The van der Waals surface area contributed by atoms with Crippen molar-refractivity contribution in [3.8, 4) is 0 Å². The Kier molecular flexibility index (Phi) is 3.37. The SMILES string of the molecule is COC1SC(C)(C)CC(=O)C1C(C)=O. The van der Waals surface area contributed by atoms with Crippen LogP contribution in [0.2, 0.25) is 0 Å². The van der Waals surface area contributed by atoms with Gasteiger partial charge in [0.25, 0.3) is 0 Å². The monoisotopic (exact) mass is 216 g/mol. The van der Waals surface area contributed by atoms with Gasteiger partial charge in [-0.25, -0.2) is 0 Å². The molecule has 0 saturated carbocycles. The molecule has 0 aliphatic carbocycles. The van der Waals surface area contributed by atoms with E-state index in [1.807, 2.05) is 13.8 Å². The predicted molar refractivity (Wildman–Crippen MR) is 56.3 cm³/mol. The lowest BCUT2D eigenvalue weighted by Gasteiger charge is -2.37. The Balaban J connectivity index is 2.87. The third-order valence-electron chi connectivity index (χ3n) is 2.32. The number of ketones is 2. The number of carbonyl (C=O) groups is 2. The highest BCUT2D eigenvalue weighted by Crippen LogP contribution is 2.42. The molecular weight excluding hydrogens is 200 g/mol. The van der Waals surface area contributed by atoms with Gasteiger partial charge in [0.05, 0.1) is 0 Å². The highest BCUT2D eigenvalue weighted by atomic mass is 32.2. The van der Waals surface area contributed by atoms with Gasteiger partial charge in [0.2, 0.25) is 0 Å². The molecule has 4 heteroatoms. The molecule has 0 amide bonds. The summed E-state index contributed by atoms with van der Waals surface area (Å²) in [6.45, 7) is 5.45. The first-order valence-corrected chi connectivity index (χ1v) is 5.49. The third-order valence-corrected chi connectivity index (χ3v) is 3.80. The van der Waals surface area contributed by atoms with Crippen molar-refractivity contribution in [3.05, 3.63) is 0 Å². The predicted octanol–water partition coefficient (Wildman–Crippen LogP) is 1.65. The molecule has 1 saturated heterocycles. The Labute approximate surface area is 88.6 Å². The summed E-state index contributed by atoms with van der Waals surface area (Å²) in [6, 6.07) is 0. The summed E-state index contributed by atoms with van der Waals surface area (Å²) in [6.07, 6.45) is 0.446. The van der Waals surface area contributed by atoms with Gasteiger partial charge in [-0.05, 0) is 6.92 Å². The molecule has 2 atom stereocenters. The van der Waals surface area contributed by atoms with Gasteiger partial charge in [0.1, 0.15) is 22.9 Å². The quantitative estimate of drug-likeness (QED) is 0.658. The van der Waals surface area contributed by atoms with Crippen molar-refractivity contribution < 1.29 is 14.3 Å². The van der Waals surface area contributed by atoms with E-state index in [9.17, 15) is 9.59 Å². The molecule has 3 nitrogen and oxygen atoms in total. The van der Waals surface area contributed by atoms with Gasteiger partial charge >= 0.3 is 0 Å². The molecule has 0 aromatic carbocycles. The fourth-order valence-electron chi connectivity index (χ4n) is 1.71. The number of hydrogen-bond acceptors (Lipinski definition) is 4. The van der Waals surface area contributed by atoms with Crippen molar-refractivity contribution in [2.24, 2.45) is 5.92 Å². The second kappa shape index (κ2) is 4.03. The number of thioether (sulfide) groups is 1. The van der Waals surface area contributed by atoms with E-state index < -0.39 is 5.92 Å². The van der Waals surface area contributed by atoms with E-state index in [1.54, 1.807) is 18.9 Å². The molecule has 80 valence electrons. The number of rotatable bonds is 2. The Bertz CT molecular complexity index is 260. The zero-order valence-corrected chi connectivity index (χ0v) is 9.81. The summed E-state index contributed by atoms with van der Waals surface area (Å²) < 4.78 is 5.07. The number of ether oxygens (including phenoxy) is 1. The first kappa shape index (κ1) is 11.7. The lowest BCUT2D eigenvalue weighted by molar-refractivity contribution is -0.135. The molecule has 1 rings (SSSR count). The van der Waals surface area contributed by atoms with Crippen molar-refractivity contribution in [3.63, 3.8) is 0 Å². The Hall–Kier alpha value is -0.350. The topological polar surface area (TPSA) is 43.4 Å². The van der Waals surface area contributed by atoms with Crippen LogP contribution in [0.5, 0.6) is 0 Å². The fourth-order valence-corrected chi connectivity index (χ4v) is 3.14. The maximum absolute atomic E-state index is 11.7. The third kappa shape index (κ3) is 2.36. The minimum Gasteiger partial charge on any atom is -0.370 e. The van der Waals surface area contributed by atoms with Crippen LogP contribution >= 0.6 is 11.8 Å². The van der Waals surface area contributed by atoms with Crippen molar-refractivity contribution in [2.75, 3.05) is 7.11 Å². The second-order valence-electron chi connectivity index (χ2n) is 4.21. The van der Waals surface area contributed by atoms with E-state index in [-0.39, 0.29) is 21.7 Å². The molecule has 1 aliphatic rings. The highest BCUT2D eigenvalue weighted by molar-refractivity contribution is 8.01. The lowest BCUT2D eigenvalue weighted by atomic mass is 9.92. The smallest absolute Gasteiger partial charge is 0.148 e. The van der Waals surface area contributed by atoms with Crippen LogP contribution in [0.4, 0.5) is 0 Å². The summed E-state index contributed by atoms with van der Waals surface area (Å²) in [7, 11) is 1.54. The van der Waals surface area contributed by atoms with Gasteiger partial charge in [-0.15, -0.1) is 11.8 Å². The molecule has 0 aromatic rings. The highest BCUT2D eigenvalue weighted by Gasteiger charge is 2.43. The van der Waals surface area contributed by atoms with E-state index in [0.29, 0.717) is 6.42 Å². The van der Waals surface area contributed by atoms with E-state index in [2.05, 4.69) is 0 Å². The van der Waals surface area contributed by atoms with Crippen molar-refractivity contribution in [2.45, 2.75) is 37.4 Å². The summed E-state index contributed by atoms with van der Waals surface area (Å²) in [5.41, 5.74) is -0.316. The van der Waals surface area contributed by atoms with Crippen LogP contribution in [0, 0.1) is 5.92 Å². The maximum atomic E-state index is 11.7. The average molecular weight is 216 g/mol. The molecular formula is C10H16O3S. The van der Waals surface area contributed by atoms with Crippen molar-refractivity contribution in [1.82, 2.24) is 0 Å².